The van der Waals surface area contributed by atoms with E-state index in [1.807, 2.05) is 19.1 Å². The van der Waals surface area contributed by atoms with E-state index < -0.39 is 0 Å². The molecular weight excluding hydrogens is 190 g/mol. The third-order valence-corrected chi connectivity index (χ3v) is 2.05. The molecule has 0 spiro atoms. The second-order valence-electron chi connectivity index (χ2n) is 3.34. The van der Waals surface area contributed by atoms with E-state index >= 15 is 0 Å². The van der Waals surface area contributed by atoms with Crippen molar-refractivity contribution < 1.29 is 0 Å². The molecular formula is C10H15N5. The maximum absolute atomic E-state index is 7.14. The number of hydrogen-bond acceptors (Lipinski definition) is 3. The van der Waals surface area contributed by atoms with Crippen LogP contribution in [0, 0.1) is 17.7 Å². The molecule has 1 aromatic rings. The van der Waals surface area contributed by atoms with Crippen LogP contribution in [-0.4, -0.2) is 31.8 Å². The number of pyridine rings is 1. The highest BCUT2D eigenvalue weighted by Crippen LogP contribution is 2.17. The zero-order chi connectivity index (χ0) is 11.4. The van der Waals surface area contributed by atoms with Crippen molar-refractivity contribution in [1.82, 2.24) is 4.98 Å². The van der Waals surface area contributed by atoms with Gasteiger partial charge in [-0.3, -0.25) is 10.8 Å². The van der Waals surface area contributed by atoms with E-state index in [-0.39, 0.29) is 0 Å². The standard InChI is InChI=1S/C10H15N5/c1-8-4-9(14(2)6-11)13-10(5-8)15(3)7-12/h4-7,11-12H,1-3H3. The van der Waals surface area contributed by atoms with E-state index in [4.69, 9.17) is 10.8 Å². The minimum absolute atomic E-state index is 0.703. The predicted molar refractivity (Wildman–Crippen MR) is 63.3 cm³/mol. The molecule has 0 fully saturated rings. The fourth-order valence-electron chi connectivity index (χ4n) is 1.12. The Labute approximate surface area is 89.4 Å². The van der Waals surface area contributed by atoms with Gasteiger partial charge >= 0.3 is 0 Å². The van der Waals surface area contributed by atoms with Gasteiger partial charge in [0.25, 0.3) is 0 Å². The summed E-state index contributed by atoms with van der Waals surface area (Å²) >= 11 is 0. The van der Waals surface area contributed by atoms with Gasteiger partial charge in [0.15, 0.2) is 0 Å². The summed E-state index contributed by atoms with van der Waals surface area (Å²) in [6, 6.07) is 3.79. The van der Waals surface area contributed by atoms with Crippen LogP contribution in [-0.2, 0) is 0 Å². The maximum atomic E-state index is 7.14. The molecule has 0 unspecified atom stereocenters. The molecule has 80 valence electrons. The molecule has 0 saturated heterocycles. The topological polar surface area (TPSA) is 67.1 Å². The van der Waals surface area contributed by atoms with E-state index in [0.29, 0.717) is 11.6 Å². The molecule has 1 rings (SSSR count). The number of nitrogens with zero attached hydrogens (tertiary/aromatic N) is 3. The Morgan fingerprint density at radius 1 is 1.07 bits per heavy atom. The van der Waals surface area contributed by atoms with Crippen molar-refractivity contribution in [2.24, 2.45) is 0 Å². The Hall–Kier alpha value is -1.91. The van der Waals surface area contributed by atoms with Gasteiger partial charge in [-0.05, 0) is 24.6 Å². The summed E-state index contributed by atoms with van der Waals surface area (Å²) in [5.74, 6) is 1.41. The lowest BCUT2D eigenvalue weighted by Gasteiger charge is -2.17. The van der Waals surface area contributed by atoms with Gasteiger partial charge in [-0.25, -0.2) is 4.98 Å². The molecule has 5 nitrogen and oxygen atoms in total. The Morgan fingerprint density at radius 3 is 1.80 bits per heavy atom. The van der Waals surface area contributed by atoms with Crippen LogP contribution in [0.2, 0.25) is 0 Å². The minimum atomic E-state index is 0.703. The number of hydrogen-bond donors (Lipinski definition) is 2. The van der Waals surface area contributed by atoms with Crippen LogP contribution in [0.15, 0.2) is 12.1 Å². The second kappa shape index (κ2) is 4.54. The van der Waals surface area contributed by atoms with Gasteiger partial charge in [0.1, 0.15) is 11.6 Å². The summed E-state index contributed by atoms with van der Waals surface area (Å²) in [5.41, 5.74) is 1.05. The fourth-order valence-corrected chi connectivity index (χ4v) is 1.12. The van der Waals surface area contributed by atoms with Crippen molar-refractivity contribution in [2.45, 2.75) is 6.92 Å². The van der Waals surface area contributed by atoms with Crippen LogP contribution in [0.4, 0.5) is 11.6 Å². The Balaban J connectivity index is 3.15. The van der Waals surface area contributed by atoms with Gasteiger partial charge in [0.05, 0.1) is 12.7 Å². The van der Waals surface area contributed by atoms with Gasteiger partial charge < -0.3 is 9.80 Å². The average molecular weight is 205 g/mol. The van der Waals surface area contributed by atoms with Crippen LogP contribution in [0.25, 0.3) is 0 Å². The number of nitrogens with one attached hydrogen (secondary N) is 2. The molecule has 0 aliphatic carbocycles. The van der Waals surface area contributed by atoms with Crippen LogP contribution >= 0.6 is 0 Å². The molecule has 0 bridgehead atoms. The molecule has 0 radical (unpaired) electrons. The molecule has 0 saturated carbocycles. The Kier molecular flexibility index (Phi) is 3.38. The summed E-state index contributed by atoms with van der Waals surface area (Å²) in [7, 11) is 3.53. The lowest BCUT2D eigenvalue weighted by atomic mass is 10.2. The highest BCUT2D eigenvalue weighted by Gasteiger charge is 2.05. The van der Waals surface area contributed by atoms with E-state index in [2.05, 4.69) is 4.98 Å². The first-order chi connectivity index (χ1) is 7.08. The van der Waals surface area contributed by atoms with Gasteiger partial charge in [0, 0.05) is 14.1 Å². The number of aromatic nitrogens is 1. The third-order valence-electron chi connectivity index (χ3n) is 2.05. The van der Waals surface area contributed by atoms with E-state index in [1.165, 1.54) is 12.7 Å². The highest BCUT2D eigenvalue weighted by atomic mass is 15.2. The number of aryl methyl sites for hydroxylation is 1. The number of rotatable bonds is 4. The first-order valence-electron chi connectivity index (χ1n) is 4.54. The summed E-state index contributed by atoms with van der Waals surface area (Å²) in [4.78, 5) is 7.56. The molecule has 0 aromatic carbocycles. The normalized spacial score (nSPS) is 9.53. The van der Waals surface area contributed by atoms with Gasteiger partial charge in [-0.2, -0.15) is 0 Å². The quantitative estimate of drug-likeness (QED) is 0.578. The lowest BCUT2D eigenvalue weighted by molar-refractivity contribution is 1.11. The maximum Gasteiger partial charge on any atom is 0.136 e. The first-order valence-corrected chi connectivity index (χ1v) is 4.54. The molecule has 1 aromatic heterocycles. The summed E-state index contributed by atoms with van der Waals surface area (Å²) < 4.78 is 0. The van der Waals surface area contributed by atoms with Crippen LogP contribution < -0.4 is 9.80 Å². The SMILES string of the molecule is Cc1cc(N(C)C=N)nc(N(C)C=N)c1. The molecule has 0 amide bonds. The Bertz CT molecular complexity index is 342. The van der Waals surface area contributed by atoms with E-state index in [1.54, 1.807) is 23.9 Å². The molecule has 2 N–H and O–H groups in total. The molecule has 0 atom stereocenters. The van der Waals surface area contributed by atoms with Crippen molar-refractivity contribution in [2.75, 3.05) is 23.9 Å². The van der Waals surface area contributed by atoms with Gasteiger partial charge in [0.2, 0.25) is 0 Å². The van der Waals surface area contributed by atoms with Crippen molar-refractivity contribution in [3.05, 3.63) is 17.7 Å². The predicted octanol–water partition coefficient (Wildman–Crippen LogP) is 1.48. The van der Waals surface area contributed by atoms with Crippen LogP contribution in [0.5, 0.6) is 0 Å². The van der Waals surface area contributed by atoms with Crippen molar-refractivity contribution >= 4 is 24.3 Å². The summed E-state index contributed by atoms with van der Waals surface area (Å²) in [5, 5.41) is 14.3. The zero-order valence-corrected chi connectivity index (χ0v) is 9.15. The highest BCUT2D eigenvalue weighted by molar-refractivity contribution is 5.78. The van der Waals surface area contributed by atoms with Crippen molar-refractivity contribution in [1.29, 1.82) is 10.8 Å². The first kappa shape index (κ1) is 11.2. The monoisotopic (exact) mass is 205 g/mol. The smallest absolute Gasteiger partial charge is 0.136 e. The minimum Gasteiger partial charge on any atom is -0.321 e. The van der Waals surface area contributed by atoms with E-state index in [9.17, 15) is 0 Å². The second-order valence-corrected chi connectivity index (χ2v) is 3.34. The Morgan fingerprint density at radius 2 is 1.47 bits per heavy atom. The third kappa shape index (κ3) is 2.52. The van der Waals surface area contributed by atoms with Crippen LogP contribution in [0.1, 0.15) is 5.56 Å². The summed E-state index contributed by atoms with van der Waals surface area (Å²) in [6.45, 7) is 1.96. The number of anilines is 2. The molecule has 15 heavy (non-hydrogen) atoms. The molecule has 5 heteroatoms. The van der Waals surface area contributed by atoms with Gasteiger partial charge in [-0.15, -0.1) is 0 Å². The van der Waals surface area contributed by atoms with Crippen molar-refractivity contribution in [3.63, 3.8) is 0 Å². The van der Waals surface area contributed by atoms with Crippen LogP contribution in [0.3, 0.4) is 0 Å². The fraction of sp³-hybridized carbons (Fsp3) is 0.300. The molecule has 1 heterocycles. The lowest BCUT2D eigenvalue weighted by Crippen LogP contribution is -2.19. The average Bonchev–Trinajstić information content (AvgIpc) is 2.26. The van der Waals surface area contributed by atoms with Gasteiger partial charge in [-0.1, -0.05) is 0 Å². The molecule has 0 aliphatic heterocycles. The van der Waals surface area contributed by atoms with Crippen molar-refractivity contribution in [3.8, 4) is 0 Å². The largest absolute Gasteiger partial charge is 0.321 e. The van der Waals surface area contributed by atoms with E-state index in [0.717, 1.165) is 5.56 Å². The summed E-state index contributed by atoms with van der Waals surface area (Å²) in [6.07, 6.45) is 2.41. The molecule has 0 aliphatic rings. The zero-order valence-electron chi connectivity index (χ0n) is 9.15.